The van der Waals surface area contributed by atoms with Gasteiger partial charge in [0.05, 0.1) is 5.92 Å². The minimum Gasteiger partial charge on any atom is -0.367 e. The molecule has 5 nitrogen and oxygen atoms in total. The Morgan fingerprint density at radius 2 is 1.64 bits per heavy atom. The number of hydrogen-bond donors (Lipinski definition) is 2. The molecule has 4 fully saturated rings. The number of ether oxygens (including phenoxy) is 1. The Hall–Kier alpha value is -2.05. The highest BCUT2D eigenvalue weighted by molar-refractivity contribution is 6.04. The summed E-state index contributed by atoms with van der Waals surface area (Å²) in [5.74, 6) is -0.315. The topological polar surface area (TPSA) is 75.6 Å². The van der Waals surface area contributed by atoms with E-state index in [2.05, 4.69) is 59.9 Å². The number of aliphatic hydroxyl groups is 1. The lowest BCUT2D eigenvalue weighted by Gasteiger charge is -2.71. The van der Waals surface area contributed by atoms with E-state index in [1.807, 2.05) is 0 Å². The van der Waals surface area contributed by atoms with Crippen LogP contribution in [-0.2, 0) is 20.9 Å². The quantitative estimate of drug-likeness (QED) is 0.198. The van der Waals surface area contributed by atoms with Gasteiger partial charge in [-0.3, -0.25) is 9.59 Å². The molecule has 1 aromatic rings. The molecular weight excluding hydrogens is 565 g/mol. The SMILES string of the molecule is COC(O)[C@]12CCC(C)(C)CC1C1=CCC3[C@@]4(C)CC(C(=O)NCc5ccc(F)cc5)C(=O)C(C)(C)C4CC[C@@]3(C)[C@]1(C)CC2. The van der Waals surface area contributed by atoms with Gasteiger partial charge in [0, 0.05) is 24.5 Å². The van der Waals surface area contributed by atoms with Gasteiger partial charge in [0.25, 0.3) is 0 Å². The fourth-order valence-corrected chi connectivity index (χ4v) is 12.1. The molecule has 5 aliphatic rings. The van der Waals surface area contributed by atoms with Crippen molar-refractivity contribution >= 4 is 11.7 Å². The van der Waals surface area contributed by atoms with Gasteiger partial charge in [0.2, 0.25) is 5.91 Å². The summed E-state index contributed by atoms with van der Waals surface area (Å²) in [6.45, 7) is 16.6. The van der Waals surface area contributed by atoms with Gasteiger partial charge in [0.1, 0.15) is 5.82 Å². The summed E-state index contributed by atoms with van der Waals surface area (Å²) >= 11 is 0. The maximum absolute atomic E-state index is 14.1. The van der Waals surface area contributed by atoms with Crippen LogP contribution in [0, 0.1) is 62.0 Å². The molecule has 5 aliphatic carbocycles. The molecule has 6 rings (SSSR count). The predicted octanol–water partition coefficient (Wildman–Crippen LogP) is 8.00. The van der Waals surface area contributed by atoms with E-state index in [0.29, 0.717) is 12.3 Å². The highest BCUT2D eigenvalue weighted by Crippen LogP contribution is 2.76. The Kier molecular flexibility index (Phi) is 7.84. The van der Waals surface area contributed by atoms with Gasteiger partial charge in [-0.1, -0.05) is 72.2 Å². The molecule has 0 aliphatic heterocycles. The molecule has 0 spiro atoms. The third-order valence-corrected chi connectivity index (χ3v) is 14.8. The number of Topliss-reactive ketones (excluding diaryl/α,β-unsaturated/α-hetero) is 1. The number of aliphatic hydroxyl groups excluding tert-OH is 1. The molecule has 1 amide bonds. The zero-order valence-electron chi connectivity index (χ0n) is 28.9. The molecule has 2 N–H and O–H groups in total. The fraction of sp³-hybridized carbons (Fsp3) is 0.744. The van der Waals surface area contributed by atoms with Crippen LogP contribution in [0.4, 0.5) is 4.39 Å². The Balaban J connectivity index is 1.35. The monoisotopic (exact) mass is 621 g/mol. The summed E-state index contributed by atoms with van der Waals surface area (Å²) < 4.78 is 19.2. The van der Waals surface area contributed by atoms with Crippen LogP contribution in [0.3, 0.4) is 0 Å². The summed E-state index contributed by atoms with van der Waals surface area (Å²) in [5, 5.41) is 14.4. The van der Waals surface area contributed by atoms with Crippen LogP contribution in [0.5, 0.6) is 0 Å². The van der Waals surface area contributed by atoms with Crippen LogP contribution < -0.4 is 5.32 Å². The first-order valence-corrected chi connectivity index (χ1v) is 17.4. The van der Waals surface area contributed by atoms with Crippen molar-refractivity contribution < 1.29 is 23.8 Å². The van der Waals surface area contributed by atoms with Crippen LogP contribution in [0.15, 0.2) is 35.9 Å². The fourth-order valence-electron chi connectivity index (χ4n) is 12.1. The summed E-state index contributed by atoms with van der Waals surface area (Å²) in [4.78, 5) is 27.8. The maximum Gasteiger partial charge on any atom is 0.230 e. The summed E-state index contributed by atoms with van der Waals surface area (Å²) in [6, 6.07) is 6.15. The highest BCUT2D eigenvalue weighted by Gasteiger charge is 2.70. The third kappa shape index (κ3) is 4.73. The molecule has 5 unspecified atom stereocenters. The first kappa shape index (κ1) is 32.9. The van der Waals surface area contributed by atoms with Crippen LogP contribution in [0.2, 0.25) is 0 Å². The molecule has 0 bridgehead atoms. The first-order valence-electron chi connectivity index (χ1n) is 17.4. The summed E-state index contributed by atoms with van der Waals surface area (Å²) in [6.07, 6.45) is 10.5. The lowest BCUT2D eigenvalue weighted by Crippen LogP contribution is -2.66. The number of methoxy groups -OCH3 is 1. The minimum absolute atomic E-state index is 0.0136. The lowest BCUT2D eigenvalue weighted by atomic mass is 9.33. The second-order valence-electron chi connectivity index (χ2n) is 17.7. The minimum atomic E-state index is -0.762. The smallest absolute Gasteiger partial charge is 0.230 e. The second-order valence-corrected chi connectivity index (χ2v) is 17.7. The van der Waals surface area contributed by atoms with E-state index in [-0.39, 0.29) is 63.0 Å². The van der Waals surface area contributed by atoms with E-state index < -0.39 is 17.6 Å². The van der Waals surface area contributed by atoms with Crippen molar-refractivity contribution in [2.45, 2.75) is 119 Å². The highest BCUT2D eigenvalue weighted by atomic mass is 19.1. The molecule has 0 saturated heterocycles. The molecule has 6 heteroatoms. The lowest BCUT2D eigenvalue weighted by molar-refractivity contribution is -0.227. The Bertz CT molecular complexity index is 1380. The molecule has 9 atom stereocenters. The zero-order valence-corrected chi connectivity index (χ0v) is 28.9. The molecule has 0 radical (unpaired) electrons. The Morgan fingerprint density at radius 3 is 2.31 bits per heavy atom. The van der Waals surface area contributed by atoms with Gasteiger partial charge < -0.3 is 15.2 Å². The molecule has 248 valence electrons. The Labute approximate surface area is 270 Å². The van der Waals surface area contributed by atoms with E-state index in [0.717, 1.165) is 56.9 Å². The van der Waals surface area contributed by atoms with Crippen LogP contribution in [0.1, 0.15) is 112 Å². The molecule has 45 heavy (non-hydrogen) atoms. The number of halogens is 1. The van der Waals surface area contributed by atoms with E-state index >= 15 is 0 Å². The van der Waals surface area contributed by atoms with Crippen LogP contribution >= 0.6 is 0 Å². The number of benzene rings is 1. The molecule has 1 aromatic carbocycles. The second kappa shape index (κ2) is 10.7. The van der Waals surface area contributed by atoms with Crippen molar-refractivity contribution in [1.82, 2.24) is 5.32 Å². The van der Waals surface area contributed by atoms with Gasteiger partial charge >= 0.3 is 0 Å². The number of hydrogen-bond acceptors (Lipinski definition) is 4. The number of fused-ring (bicyclic) bond motifs is 7. The Morgan fingerprint density at radius 1 is 0.978 bits per heavy atom. The van der Waals surface area contributed by atoms with Crippen molar-refractivity contribution in [3.8, 4) is 0 Å². The average Bonchev–Trinajstić information content (AvgIpc) is 2.98. The number of carbonyl (C=O) groups is 2. The normalized spacial score (nSPS) is 42.3. The van der Waals surface area contributed by atoms with E-state index in [1.165, 1.54) is 17.7 Å². The van der Waals surface area contributed by atoms with Gasteiger partial charge in [-0.15, -0.1) is 0 Å². The number of rotatable bonds is 5. The number of ketones is 1. The van der Waals surface area contributed by atoms with Crippen LogP contribution in [0.25, 0.3) is 0 Å². The third-order valence-electron chi connectivity index (χ3n) is 14.8. The first-order chi connectivity index (χ1) is 20.9. The standard InChI is InChI=1S/C39H56FNO4/c1-34(2)17-19-39(33(44)45-8)20-18-37(6)27(28(39)22-34)13-14-30-36(5)21-26(32(43)41-23-24-9-11-25(40)12-10-24)31(42)35(3,4)29(36)15-16-38(30,37)7/h9-13,26,28-30,33,44H,14-23H2,1-8H3,(H,41,43)/t26?,28?,29?,30?,33?,36-,37+,38+,39-/m0/s1. The van der Waals surface area contributed by atoms with E-state index in [1.54, 1.807) is 19.2 Å². The largest absolute Gasteiger partial charge is 0.367 e. The molecule has 0 aromatic heterocycles. The number of amides is 1. The van der Waals surface area contributed by atoms with Crippen molar-refractivity contribution in [2.24, 2.45) is 56.2 Å². The summed E-state index contributed by atoms with van der Waals surface area (Å²) in [7, 11) is 1.65. The predicted molar refractivity (Wildman–Crippen MR) is 174 cm³/mol. The molecule has 0 heterocycles. The average molecular weight is 622 g/mol. The zero-order chi connectivity index (χ0) is 32.8. The number of nitrogens with one attached hydrogen (secondary N) is 1. The van der Waals surface area contributed by atoms with Gasteiger partial charge in [0.15, 0.2) is 12.1 Å². The molecular formula is C39H56FNO4. The van der Waals surface area contributed by atoms with E-state index in [4.69, 9.17) is 4.74 Å². The van der Waals surface area contributed by atoms with Gasteiger partial charge in [-0.05, 0) is 115 Å². The van der Waals surface area contributed by atoms with Gasteiger partial charge in [-0.2, -0.15) is 0 Å². The number of carbonyl (C=O) groups excluding carboxylic acids is 2. The maximum atomic E-state index is 14.1. The van der Waals surface area contributed by atoms with Gasteiger partial charge in [-0.25, -0.2) is 4.39 Å². The van der Waals surface area contributed by atoms with Crippen molar-refractivity contribution in [3.05, 3.63) is 47.3 Å². The van der Waals surface area contributed by atoms with Crippen molar-refractivity contribution in [2.75, 3.05) is 7.11 Å². The van der Waals surface area contributed by atoms with Crippen LogP contribution in [-0.4, -0.2) is 30.2 Å². The number of allylic oxidation sites excluding steroid dienone is 2. The van der Waals surface area contributed by atoms with Crippen molar-refractivity contribution in [1.29, 1.82) is 0 Å². The van der Waals surface area contributed by atoms with E-state index in [9.17, 15) is 19.1 Å². The summed E-state index contributed by atoms with van der Waals surface area (Å²) in [5.41, 5.74) is 1.53. The molecule has 4 saturated carbocycles. The van der Waals surface area contributed by atoms with Crippen molar-refractivity contribution in [3.63, 3.8) is 0 Å².